The van der Waals surface area contributed by atoms with Crippen LogP contribution in [0.3, 0.4) is 0 Å². The van der Waals surface area contributed by atoms with Crippen molar-refractivity contribution < 1.29 is 0 Å². The van der Waals surface area contributed by atoms with Gasteiger partial charge < -0.3 is 0 Å². The first-order valence-electron chi connectivity index (χ1n) is 5.19. The molecule has 2 rings (SSSR count). The molecule has 0 spiro atoms. The molecule has 0 amide bonds. The standard InChI is InChI=1S/C11H17ClN2/c1-11(4-3-10(12)6-11)5-9-7-13-14(2)8-9/h7-8,10H,3-6H2,1-2H3. The van der Waals surface area contributed by atoms with Gasteiger partial charge in [0, 0.05) is 18.6 Å². The predicted octanol–water partition coefficient (Wildman–Crippen LogP) is 2.76. The minimum Gasteiger partial charge on any atom is -0.276 e. The molecule has 0 bridgehead atoms. The van der Waals surface area contributed by atoms with E-state index in [-0.39, 0.29) is 0 Å². The summed E-state index contributed by atoms with van der Waals surface area (Å²) in [5.41, 5.74) is 1.73. The lowest BCUT2D eigenvalue weighted by atomic mass is 9.83. The molecule has 0 aromatic carbocycles. The van der Waals surface area contributed by atoms with Gasteiger partial charge in [0.2, 0.25) is 0 Å². The van der Waals surface area contributed by atoms with Crippen LogP contribution in [0.1, 0.15) is 31.7 Å². The number of nitrogens with zero attached hydrogens (tertiary/aromatic N) is 2. The zero-order valence-corrected chi connectivity index (χ0v) is 9.59. The molecule has 2 unspecified atom stereocenters. The quantitative estimate of drug-likeness (QED) is 0.690. The van der Waals surface area contributed by atoms with Crippen LogP contribution in [0.4, 0.5) is 0 Å². The molecule has 1 aromatic rings. The first kappa shape index (κ1) is 10.0. The molecule has 0 saturated heterocycles. The molecule has 78 valence electrons. The predicted molar refractivity (Wildman–Crippen MR) is 58.5 cm³/mol. The number of aryl methyl sites for hydroxylation is 1. The van der Waals surface area contributed by atoms with Gasteiger partial charge >= 0.3 is 0 Å². The van der Waals surface area contributed by atoms with E-state index in [2.05, 4.69) is 18.2 Å². The lowest BCUT2D eigenvalue weighted by Crippen LogP contribution is -2.15. The number of rotatable bonds is 2. The van der Waals surface area contributed by atoms with E-state index in [1.165, 1.54) is 12.0 Å². The lowest BCUT2D eigenvalue weighted by Gasteiger charge is -2.22. The fourth-order valence-electron chi connectivity index (χ4n) is 2.46. The summed E-state index contributed by atoms with van der Waals surface area (Å²) in [6.07, 6.45) is 8.74. The average molecular weight is 213 g/mol. The first-order valence-corrected chi connectivity index (χ1v) is 5.63. The average Bonchev–Trinajstić information content (AvgIpc) is 2.60. The highest BCUT2D eigenvalue weighted by atomic mass is 35.5. The Morgan fingerprint density at radius 3 is 3.00 bits per heavy atom. The highest BCUT2D eigenvalue weighted by Crippen LogP contribution is 2.42. The summed E-state index contributed by atoms with van der Waals surface area (Å²) >= 11 is 6.15. The molecule has 14 heavy (non-hydrogen) atoms. The van der Waals surface area contributed by atoms with E-state index < -0.39 is 0 Å². The zero-order valence-electron chi connectivity index (χ0n) is 8.83. The zero-order chi connectivity index (χ0) is 10.2. The number of hydrogen-bond acceptors (Lipinski definition) is 1. The van der Waals surface area contributed by atoms with Crippen molar-refractivity contribution in [3.8, 4) is 0 Å². The fourth-order valence-corrected chi connectivity index (χ4v) is 2.94. The maximum absolute atomic E-state index is 6.15. The van der Waals surface area contributed by atoms with Crippen molar-refractivity contribution in [2.45, 2.75) is 38.0 Å². The molecule has 1 heterocycles. The maximum Gasteiger partial charge on any atom is 0.0521 e. The summed E-state index contributed by atoms with van der Waals surface area (Å²) in [6, 6.07) is 0. The molecule has 1 aromatic heterocycles. The molecular weight excluding hydrogens is 196 g/mol. The number of alkyl halides is 1. The second-order valence-electron chi connectivity index (χ2n) is 4.85. The van der Waals surface area contributed by atoms with E-state index in [9.17, 15) is 0 Å². The van der Waals surface area contributed by atoms with Crippen LogP contribution in [0.15, 0.2) is 12.4 Å². The van der Waals surface area contributed by atoms with Crippen molar-refractivity contribution in [2.24, 2.45) is 12.5 Å². The van der Waals surface area contributed by atoms with E-state index in [4.69, 9.17) is 11.6 Å². The minimum absolute atomic E-state index is 0.386. The van der Waals surface area contributed by atoms with Crippen LogP contribution in [-0.2, 0) is 13.5 Å². The van der Waals surface area contributed by atoms with Crippen molar-refractivity contribution in [2.75, 3.05) is 0 Å². The SMILES string of the molecule is Cn1cc(CC2(C)CCC(Cl)C2)cn1. The molecule has 0 N–H and O–H groups in total. The second-order valence-corrected chi connectivity index (χ2v) is 5.47. The van der Waals surface area contributed by atoms with Gasteiger partial charge in [-0.1, -0.05) is 6.92 Å². The number of halogens is 1. The maximum atomic E-state index is 6.15. The van der Waals surface area contributed by atoms with Crippen molar-refractivity contribution in [3.05, 3.63) is 18.0 Å². The highest BCUT2D eigenvalue weighted by molar-refractivity contribution is 6.20. The van der Waals surface area contributed by atoms with Crippen LogP contribution >= 0.6 is 11.6 Å². The molecule has 0 radical (unpaired) electrons. The molecular formula is C11H17ClN2. The van der Waals surface area contributed by atoms with Gasteiger partial charge in [-0.15, -0.1) is 11.6 Å². The van der Waals surface area contributed by atoms with Gasteiger partial charge in [0.1, 0.15) is 0 Å². The van der Waals surface area contributed by atoms with Gasteiger partial charge in [-0.2, -0.15) is 5.10 Å². The Morgan fingerprint density at radius 2 is 2.50 bits per heavy atom. The van der Waals surface area contributed by atoms with E-state index in [0.29, 0.717) is 10.8 Å². The molecule has 1 aliphatic carbocycles. The summed E-state index contributed by atoms with van der Waals surface area (Å²) in [7, 11) is 1.96. The molecule has 2 nitrogen and oxygen atoms in total. The minimum atomic E-state index is 0.386. The third kappa shape index (κ3) is 2.11. The topological polar surface area (TPSA) is 17.8 Å². The first-order chi connectivity index (χ1) is 6.57. The summed E-state index contributed by atoms with van der Waals surface area (Å²) in [6.45, 7) is 2.34. The van der Waals surface area contributed by atoms with Gasteiger partial charge in [-0.05, 0) is 36.7 Å². The van der Waals surface area contributed by atoms with Crippen LogP contribution in [0.2, 0.25) is 0 Å². The van der Waals surface area contributed by atoms with Crippen LogP contribution < -0.4 is 0 Å². The molecule has 2 atom stereocenters. The Bertz CT molecular complexity index is 321. The highest BCUT2D eigenvalue weighted by Gasteiger charge is 2.34. The summed E-state index contributed by atoms with van der Waals surface area (Å²) < 4.78 is 1.87. The third-order valence-corrected chi connectivity index (χ3v) is 3.54. The monoisotopic (exact) mass is 212 g/mol. The van der Waals surface area contributed by atoms with Crippen LogP contribution in [0.5, 0.6) is 0 Å². The van der Waals surface area contributed by atoms with Crippen LogP contribution in [0, 0.1) is 5.41 Å². The van der Waals surface area contributed by atoms with Crippen molar-refractivity contribution in [1.29, 1.82) is 0 Å². The van der Waals surface area contributed by atoms with Gasteiger partial charge in [0.05, 0.1) is 6.20 Å². The van der Waals surface area contributed by atoms with E-state index in [1.54, 1.807) is 0 Å². The lowest BCUT2D eigenvalue weighted by molar-refractivity contribution is 0.335. The Morgan fingerprint density at radius 1 is 1.71 bits per heavy atom. The summed E-state index contributed by atoms with van der Waals surface area (Å²) in [5, 5.41) is 4.58. The number of hydrogen-bond donors (Lipinski definition) is 0. The van der Waals surface area contributed by atoms with Gasteiger partial charge in [0.25, 0.3) is 0 Å². The summed E-state index contributed by atoms with van der Waals surface area (Å²) in [5.74, 6) is 0. The molecule has 1 aliphatic rings. The fraction of sp³-hybridized carbons (Fsp3) is 0.727. The molecule has 3 heteroatoms. The van der Waals surface area contributed by atoms with E-state index in [1.807, 2.05) is 17.9 Å². The number of aromatic nitrogens is 2. The Balaban J connectivity index is 2.03. The smallest absolute Gasteiger partial charge is 0.0521 e. The third-order valence-electron chi connectivity index (χ3n) is 3.16. The van der Waals surface area contributed by atoms with E-state index >= 15 is 0 Å². The Labute approximate surface area is 90.3 Å². The van der Waals surface area contributed by atoms with E-state index in [0.717, 1.165) is 19.3 Å². The van der Waals surface area contributed by atoms with Crippen molar-refractivity contribution in [3.63, 3.8) is 0 Å². The second kappa shape index (κ2) is 3.58. The normalized spacial score (nSPS) is 32.4. The largest absolute Gasteiger partial charge is 0.276 e. The van der Waals surface area contributed by atoms with Crippen LogP contribution in [0.25, 0.3) is 0 Å². The van der Waals surface area contributed by atoms with Gasteiger partial charge in [-0.25, -0.2) is 0 Å². The van der Waals surface area contributed by atoms with Crippen molar-refractivity contribution >= 4 is 11.6 Å². The van der Waals surface area contributed by atoms with Gasteiger partial charge in [0.15, 0.2) is 0 Å². The Kier molecular flexibility index (Phi) is 2.56. The molecule has 0 aliphatic heterocycles. The molecule has 1 fully saturated rings. The summed E-state index contributed by atoms with van der Waals surface area (Å²) in [4.78, 5) is 0. The molecule has 1 saturated carbocycles. The van der Waals surface area contributed by atoms with Crippen LogP contribution in [-0.4, -0.2) is 15.2 Å². The Hall–Kier alpha value is -0.500. The van der Waals surface area contributed by atoms with Gasteiger partial charge in [-0.3, -0.25) is 4.68 Å². The van der Waals surface area contributed by atoms with Crippen molar-refractivity contribution in [1.82, 2.24) is 9.78 Å².